The Morgan fingerprint density at radius 3 is 2.54 bits per heavy atom. The SMILES string of the molecule is CCOc1ccc(CO[C]=O)cc1. The Labute approximate surface area is 77.3 Å². The maximum atomic E-state index is 9.78. The van der Waals surface area contributed by atoms with Gasteiger partial charge in [0.25, 0.3) is 0 Å². The van der Waals surface area contributed by atoms with Gasteiger partial charge < -0.3 is 9.47 Å². The number of benzene rings is 1. The van der Waals surface area contributed by atoms with Crippen molar-refractivity contribution in [2.75, 3.05) is 6.61 Å². The van der Waals surface area contributed by atoms with E-state index in [4.69, 9.17) is 4.74 Å². The van der Waals surface area contributed by atoms with E-state index in [1.807, 2.05) is 31.2 Å². The van der Waals surface area contributed by atoms with Crippen molar-refractivity contribution in [1.29, 1.82) is 0 Å². The lowest BCUT2D eigenvalue weighted by atomic mass is 10.2. The van der Waals surface area contributed by atoms with Gasteiger partial charge in [0.15, 0.2) is 0 Å². The predicted molar refractivity (Wildman–Crippen MR) is 48.1 cm³/mol. The third-order valence-corrected chi connectivity index (χ3v) is 1.53. The summed E-state index contributed by atoms with van der Waals surface area (Å²) >= 11 is 0. The zero-order valence-electron chi connectivity index (χ0n) is 7.45. The van der Waals surface area contributed by atoms with Crippen molar-refractivity contribution in [1.82, 2.24) is 0 Å². The highest BCUT2D eigenvalue weighted by atomic mass is 16.5. The van der Waals surface area contributed by atoms with Gasteiger partial charge in [0.05, 0.1) is 6.61 Å². The zero-order valence-corrected chi connectivity index (χ0v) is 7.45. The average molecular weight is 179 g/mol. The van der Waals surface area contributed by atoms with Crippen molar-refractivity contribution in [3.05, 3.63) is 29.8 Å². The first-order chi connectivity index (χ1) is 6.36. The van der Waals surface area contributed by atoms with Gasteiger partial charge in [0.2, 0.25) is 0 Å². The Kier molecular flexibility index (Phi) is 3.82. The van der Waals surface area contributed by atoms with Crippen LogP contribution in [0.2, 0.25) is 0 Å². The molecule has 0 unspecified atom stereocenters. The number of hydrogen-bond acceptors (Lipinski definition) is 3. The van der Waals surface area contributed by atoms with Crippen molar-refractivity contribution >= 4 is 6.47 Å². The topological polar surface area (TPSA) is 35.5 Å². The highest BCUT2D eigenvalue weighted by Gasteiger charge is 1.94. The molecule has 3 heteroatoms. The van der Waals surface area contributed by atoms with Crippen LogP contribution in [0.15, 0.2) is 24.3 Å². The summed E-state index contributed by atoms with van der Waals surface area (Å²) in [6.07, 6.45) is 0. The molecule has 1 rings (SSSR count). The minimum absolute atomic E-state index is 0.260. The van der Waals surface area contributed by atoms with Crippen molar-refractivity contribution < 1.29 is 14.3 Å². The number of hydrogen-bond donors (Lipinski definition) is 0. The molecule has 0 amide bonds. The number of rotatable bonds is 5. The Balaban J connectivity index is 2.53. The summed E-state index contributed by atoms with van der Waals surface area (Å²) in [5.74, 6) is 0.821. The first-order valence-corrected chi connectivity index (χ1v) is 4.07. The standard InChI is InChI=1S/C10H11O3/c1-2-13-10-5-3-9(4-6-10)7-12-8-11/h3-6H,2,7H2,1H3. The van der Waals surface area contributed by atoms with E-state index >= 15 is 0 Å². The van der Waals surface area contributed by atoms with E-state index in [1.54, 1.807) is 0 Å². The normalized spacial score (nSPS) is 9.31. The first-order valence-electron chi connectivity index (χ1n) is 4.07. The quantitative estimate of drug-likeness (QED) is 0.689. The molecular weight excluding hydrogens is 168 g/mol. The van der Waals surface area contributed by atoms with Gasteiger partial charge in [-0.15, -0.1) is 0 Å². The summed E-state index contributed by atoms with van der Waals surface area (Å²) in [6, 6.07) is 7.38. The van der Waals surface area contributed by atoms with E-state index < -0.39 is 0 Å². The van der Waals surface area contributed by atoms with Crippen LogP contribution in [-0.4, -0.2) is 13.1 Å². The Hall–Kier alpha value is -1.51. The van der Waals surface area contributed by atoms with Gasteiger partial charge in [-0.05, 0) is 24.6 Å². The van der Waals surface area contributed by atoms with Crippen LogP contribution in [0.1, 0.15) is 12.5 Å². The largest absolute Gasteiger partial charge is 0.494 e. The molecular formula is C10H11O3. The molecule has 0 fully saturated rings. The second kappa shape index (κ2) is 5.19. The van der Waals surface area contributed by atoms with E-state index in [2.05, 4.69) is 4.74 Å². The van der Waals surface area contributed by atoms with E-state index in [1.165, 1.54) is 6.47 Å². The van der Waals surface area contributed by atoms with Crippen molar-refractivity contribution in [2.45, 2.75) is 13.5 Å². The lowest BCUT2D eigenvalue weighted by Gasteiger charge is -2.03. The molecule has 0 aliphatic carbocycles. The molecule has 3 nitrogen and oxygen atoms in total. The van der Waals surface area contributed by atoms with Crippen molar-refractivity contribution in [3.63, 3.8) is 0 Å². The van der Waals surface area contributed by atoms with E-state index in [0.29, 0.717) is 6.61 Å². The van der Waals surface area contributed by atoms with Gasteiger partial charge in [0.1, 0.15) is 12.4 Å². The van der Waals surface area contributed by atoms with Gasteiger partial charge in [0, 0.05) is 0 Å². The Morgan fingerprint density at radius 2 is 2.00 bits per heavy atom. The molecule has 1 radical (unpaired) electrons. The molecule has 0 N–H and O–H groups in total. The van der Waals surface area contributed by atoms with E-state index in [-0.39, 0.29) is 6.61 Å². The molecule has 0 bridgehead atoms. The molecule has 13 heavy (non-hydrogen) atoms. The minimum Gasteiger partial charge on any atom is -0.494 e. The van der Waals surface area contributed by atoms with Crippen LogP contribution < -0.4 is 4.74 Å². The summed E-state index contributed by atoms with van der Waals surface area (Å²) in [4.78, 5) is 9.78. The lowest BCUT2D eigenvalue weighted by molar-refractivity contribution is 0.267. The molecule has 0 spiro atoms. The van der Waals surface area contributed by atoms with E-state index in [0.717, 1.165) is 11.3 Å². The second-order valence-corrected chi connectivity index (χ2v) is 2.45. The average Bonchev–Trinajstić information content (AvgIpc) is 2.17. The van der Waals surface area contributed by atoms with Crippen LogP contribution in [0.25, 0.3) is 0 Å². The number of carbonyl (C=O) groups excluding carboxylic acids is 1. The summed E-state index contributed by atoms with van der Waals surface area (Å²) in [5, 5.41) is 0. The van der Waals surface area contributed by atoms with Gasteiger partial charge in [-0.3, -0.25) is 0 Å². The molecule has 0 heterocycles. The molecule has 0 aliphatic rings. The minimum atomic E-state index is 0.260. The van der Waals surface area contributed by atoms with Crippen molar-refractivity contribution in [3.8, 4) is 5.75 Å². The van der Waals surface area contributed by atoms with Crippen LogP contribution >= 0.6 is 0 Å². The fourth-order valence-corrected chi connectivity index (χ4v) is 0.961. The maximum absolute atomic E-state index is 9.78. The highest BCUT2D eigenvalue weighted by molar-refractivity contribution is 5.38. The van der Waals surface area contributed by atoms with Gasteiger partial charge in [-0.1, -0.05) is 12.1 Å². The lowest BCUT2D eigenvalue weighted by Crippen LogP contribution is -1.93. The van der Waals surface area contributed by atoms with Gasteiger partial charge in [-0.25, -0.2) is 4.79 Å². The summed E-state index contributed by atoms with van der Waals surface area (Å²) < 4.78 is 9.72. The predicted octanol–water partition coefficient (Wildman–Crippen LogP) is 1.67. The zero-order chi connectivity index (χ0) is 9.52. The molecule has 1 aromatic carbocycles. The maximum Gasteiger partial charge on any atom is 0.417 e. The molecule has 0 aromatic heterocycles. The highest BCUT2D eigenvalue weighted by Crippen LogP contribution is 2.12. The monoisotopic (exact) mass is 179 g/mol. The Morgan fingerprint density at radius 1 is 1.31 bits per heavy atom. The van der Waals surface area contributed by atoms with Gasteiger partial charge in [-0.2, -0.15) is 0 Å². The third kappa shape index (κ3) is 3.15. The summed E-state index contributed by atoms with van der Waals surface area (Å²) in [7, 11) is 0. The van der Waals surface area contributed by atoms with Crippen molar-refractivity contribution in [2.24, 2.45) is 0 Å². The smallest absolute Gasteiger partial charge is 0.417 e. The molecule has 0 atom stereocenters. The van der Waals surface area contributed by atoms with Crippen LogP contribution in [0.3, 0.4) is 0 Å². The van der Waals surface area contributed by atoms with Crippen LogP contribution in [0.5, 0.6) is 5.75 Å². The van der Waals surface area contributed by atoms with Gasteiger partial charge >= 0.3 is 6.47 Å². The molecule has 1 aromatic rings. The summed E-state index contributed by atoms with van der Waals surface area (Å²) in [5.41, 5.74) is 0.923. The van der Waals surface area contributed by atoms with E-state index in [9.17, 15) is 4.79 Å². The van der Waals surface area contributed by atoms with Crippen LogP contribution in [-0.2, 0) is 16.1 Å². The molecule has 0 aliphatic heterocycles. The number of ether oxygens (including phenoxy) is 2. The second-order valence-electron chi connectivity index (χ2n) is 2.45. The van der Waals surface area contributed by atoms with Crippen LogP contribution in [0, 0.1) is 0 Å². The molecule has 69 valence electrons. The molecule has 0 saturated heterocycles. The third-order valence-electron chi connectivity index (χ3n) is 1.53. The fourth-order valence-electron chi connectivity index (χ4n) is 0.961. The Bertz CT molecular complexity index is 253. The summed E-state index contributed by atoms with van der Waals surface area (Å²) in [6.45, 7) is 4.21. The first kappa shape index (κ1) is 9.58. The molecule has 0 saturated carbocycles. The van der Waals surface area contributed by atoms with Crippen LogP contribution in [0.4, 0.5) is 0 Å². The fraction of sp³-hybridized carbons (Fsp3) is 0.300.